The second kappa shape index (κ2) is 7.20. The minimum Gasteiger partial charge on any atom is -0.351 e. The molecule has 1 amide bonds. The van der Waals surface area contributed by atoms with Crippen molar-refractivity contribution in [1.29, 1.82) is 0 Å². The third-order valence-corrected chi connectivity index (χ3v) is 4.03. The minimum absolute atomic E-state index is 0.108. The average molecular weight is 314 g/mol. The number of hydrogen-bond acceptors (Lipinski definition) is 3. The molecule has 0 bridgehead atoms. The summed E-state index contributed by atoms with van der Waals surface area (Å²) in [7, 11) is 0. The third kappa shape index (κ3) is 4.66. The van der Waals surface area contributed by atoms with Crippen LogP contribution < -0.4 is 11.1 Å². The molecular formula is C15H21ClFN3O. The zero-order chi connectivity index (χ0) is 15.4. The Bertz CT molecular complexity index is 510. The Morgan fingerprint density at radius 1 is 1.62 bits per heavy atom. The number of carbonyl (C=O) groups excluding carboxylic acids is 1. The topological polar surface area (TPSA) is 58.4 Å². The van der Waals surface area contributed by atoms with Gasteiger partial charge in [0.25, 0.3) is 0 Å². The molecule has 0 spiro atoms. The van der Waals surface area contributed by atoms with Gasteiger partial charge in [0.15, 0.2) is 0 Å². The summed E-state index contributed by atoms with van der Waals surface area (Å²) in [6, 6.07) is 4.07. The molecule has 2 rings (SSSR count). The predicted octanol–water partition coefficient (Wildman–Crippen LogP) is 1.91. The number of hydrogen-bond donors (Lipinski definition) is 2. The lowest BCUT2D eigenvalue weighted by Crippen LogP contribution is -2.51. The molecule has 3 N–H and O–H groups in total. The number of halogens is 2. The van der Waals surface area contributed by atoms with Gasteiger partial charge >= 0.3 is 0 Å². The Kier molecular flexibility index (Phi) is 5.56. The highest BCUT2D eigenvalue weighted by Gasteiger charge is 2.22. The quantitative estimate of drug-likeness (QED) is 0.892. The van der Waals surface area contributed by atoms with Crippen molar-refractivity contribution >= 4 is 17.5 Å². The lowest BCUT2D eigenvalue weighted by Gasteiger charge is -2.33. The van der Waals surface area contributed by atoms with Gasteiger partial charge in [0, 0.05) is 24.2 Å². The van der Waals surface area contributed by atoms with Gasteiger partial charge in [0.05, 0.1) is 6.04 Å². The van der Waals surface area contributed by atoms with Crippen LogP contribution in [0.3, 0.4) is 0 Å². The van der Waals surface area contributed by atoms with Crippen LogP contribution in [0.1, 0.15) is 25.3 Å². The highest BCUT2D eigenvalue weighted by Crippen LogP contribution is 2.21. The van der Waals surface area contributed by atoms with Crippen LogP contribution in [0.25, 0.3) is 0 Å². The minimum atomic E-state index is -0.494. The molecule has 1 saturated heterocycles. The summed E-state index contributed by atoms with van der Waals surface area (Å²) < 4.78 is 13.0. The number of rotatable bonds is 4. The molecule has 0 saturated carbocycles. The summed E-state index contributed by atoms with van der Waals surface area (Å²) in [6.45, 7) is 4.03. The summed E-state index contributed by atoms with van der Waals surface area (Å²) in [5, 5.41) is 3.40. The second-order valence-corrected chi connectivity index (χ2v) is 6.01. The van der Waals surface area contributed by atoms with E-state index in [-0.39, 0.29) is 17.8 Å². The zero-order valence-electron chi connectivity index (χ0n) is 12.1. The highest BCUT2D eigenvalue weighted by atomic mass is 35.5. The van der Waals surface area contributed by atoms with E-state index >= 15 is 0 Å². The SMILES string of the molecule is C[C@H](N)C(=O)N[C@H]1CCCN(Cc2ccc(F)cc2Cl)C1. The zero-order valence-corrected chi connectivity index (χ0v) is 12.9. The van der Waals surface area contributed by atoms with Gasteiger partial charge in [-0.05, 0) is 44.0 Å². The lowest BCUT2D eigenvalue weighted by atomic mass is 10.0. The first-order chi connectivity index (χ1) is 9.95. The van der Waals surface area contributed by atoms with Crippen LogP contribution in [-0.2, 0) is 11.3 Å². The summed E-state index contributed by atoms with van der Waals surface area (Å²) >= 11 is 6.06. The van der Waals surface area contributed by atoms with Crippen molar-refractivity contribution in [3.8, 4) is 0 Å². The molecule has 1 aromatic carbocycles. The van der Waals surface area contributed by atoms with Gasteiger partial charge in [-0.3, -0.25) is 9.69 Å². The number of piperidine rings is 1. The maximum Gasteiger partial charge on any atom is 0.236 e. The van der Waals surface area contributed by atoms with E-state index in [2.05, 4.69) is 10.2 Å². The van der Waals surface area contributed by atoms with Crippen molar-refractivity contribution in [2.24, 2.45) is 5.73 Å². The maximum atomic E-state index is 13.0. The van der Waals surface area contributed by atoms with Gasteiger partial charge < -0.3 is 11.1 Å². The van der Waals surface area contributed by atoms with Gasteiger partial charge in [0.1, 0.15) is 5.82 Å². The molecule has 2 atom stereocenters. The maximum absolute atomic E-state index is 13.0. The Balaban J connectivity index is 1.93. The molecule has 1 aliphatic rings. The number of benzene rings is 1. The van der Waals surface area contributed by atoms with Gasteiger partial charge in [-0.2, -0.15) is 0 Å². The number of likely N-dealkylation sites (tertiary alicyclic amines) is 1. The van der Waals surface area contributed by atoms with Crippen molar-refractivity contribution in [3.63, 3.8) is 0 Å². The van der Waals surface area contributed by atoms with Gasteiger partial charge in [-0.25, -0.2) is 4.39 Å². The summed E-state index contributed by atoms with van der Waals surface area (Å²) in [6.07, 6.45) is 1.95. The Morgan fingerprint density at radius 3 is 3.05 bits per heavy atom. The molecule has 1 heterocycles. The smallest absolute Gasteiger partial charge is 0.236 e. The molecule has 116 valence electrons. The molecule has 0 aliphatic carbocycles. The number of nitrogens with zero attached hydrogens (tertiary/aromatic N) is 1. The van der Waals surface area contributed by atoms with Gasteiger partial charge in [-0.15, -0.1) is 0 Å². The fourth-order valence-electron chi connectivity index (χ4n) is 2.54. The highest BCUT2D eigenvalue weighted by molar-refractivity contribution is 6.31. The van der Waals surface area contributed by atoms with Crippen LogP contribution in [0, 0.1) is 5.82 Å². The number of nitrogens with two attached hydrogens (primary N) is 1. The Hall–Kier alpha value is -1.17. The molecule has 1 fully saturated rings. The van der Waals surface area contributed by atoms with Gasteiger partial charge in [-0.1, -0.05) is 17.7 Å². The lowest BCUT2D eigenvalue weighted by molar-refractivity contribution is -0.123. The number of carbonyl (C=O) groups is 1. The molecule has 6 heteroatoms. The number of nitrogens with one attached hydrogen (secondary N) is 1. The molecular weight excluding hydrogens is 293 g/mol. The number of amides is 1. The molecule has 21 heavy (non-hydrogen) atoms. The van der Waals surface area contributed by atoms with Crippen LogP contribution in [0.4, 0.5) is 4.39 Å². The first-order valence-corrected chi connectivity index (χ1v) is 7.55. The van der Waals surface area contributed by atoms with Crippen LogP contribution in [0.15, 0.2) is 18.2 Å². The summed E-state index contributed by atoms with van der Waals surface area (Å²) in [5.41, 5.74) is 6.47. The Morgan fingerprint density at radius 2 is 2.38 bits per heavy atom. The van der Waals surface area contributed by atoms with Crippen LogP contribution in [0.5, 0.6) is 0 Å². The largest absolute Gasteiger partial charge is 0.351 e. The summed E-state index contributed by atoms with van der Waals surface area (Å²) in [4.78, 5) is 13.9. The van der Waals surface area contributed by atoms with Crippen molar-refractivity contribution < 1.29 is 9.18 Å². The third-order valence-electron chi connectivity index (χ3n) is 3.67. The monoisotopic (exact) mass is 313 g/mol. The van der Waals surface area contributed by atoms with E-state index in [1.807, 2.05) is 0 Å². The van der Waals surface area contributed by atoms with Crippen molar-refractivity contribution in [1.82, 2.24) is 10.2 Å². The molecule has 0 aromatic heterocycles. The van der Waals surface area contributed by atoms with Crippen molar-refractivity contribution in [2.75, 3.05) is 13.1 Å². The van der Waals surface area contributed by atoms with E-state index in [4.69, 9.17) is 17.3 Å². The van der Waals surface area contributed by atoms with Crippen molar-refractivity contribution in [2.45, 2.75) is 38.4 Å². The van der Waals surface area contributed by atoms with E-state index in [1.54, 1.807) is 13.0 Å². The standard InChI is InChI=1S/C15H21ClFN3O/c1-10(18)15(21)19-13-3-2-6-20(9-13)8-11-4-5-12(17)7-14(11)16/h4-5,7,10,13H,2-3,6,8-9,18H2,1H3,(H,19,21)/t10-,13-/m0/s1. The van der Waals surface area contributed by atoms with Crippen molar-refractivity contribution in [3.05, 3.63) is 34.6 Å². The fraction of sp³-hybridized carbons (Fsp3) is 0.533. The average Bonchev–Trinajstić information content (AvgIpc) is 2.42. The van der Waals surface area contributed by atoms with Crippen LogP contribution in [0.2, 0.25) is 5.02 Å². The van der Waals surface area contributed by atoms with E-state index < -0.39 is 6.04 Å². The first-order valence-electron chi connectivity index (χ1n) is 7.18. The predicted molar refractivity (Wildman–Crippen MR) is 81.5 cm³/mol. The second-order valence-electron chi connectivity index (χ2n) is 5.61. The van der Waals surface area contributed by atoms with E-state index in [9.17, 15) is 9.18 Å². The van der Waals surface area contributed by atoms with Gasteiger partial charge in [0.2, 0.25) is 5.91 Å². The molecule has 1 aromatic rings. The van der Waals surface area contributed by atoms with E-state index in [0.29, 0.717) is 11.6 Å². The van der Waals surface area contributed by atoms with Crippen LogP contribution >= 0.6 is 11.6 Å². The van der Waals surface area contributed by atoms with E-state index in [0.717, 1.165) is 31.5 Å². The molecule has 0 unspecified atom stereocenters. The molecule has 4 nitrogen and oxygen atoms in total. The fourth-order valence-corrected chi connectivity index (χ4v) is 2.77. The first kappa shape index (κ1) is 16.2. The normalized spacial score (nSPS) is 21.0. The van der Waals surface area contributed by atoms with E-state index in [1.165, 1.54) is 12.1 Å². The molecule has 0 radical (unpaired) electrons. The Labute approximate surface area is 129 Å². The molecule has 1 aliphatic heterocycles. The summed E-state index contributed by atoms with van der Waals surface area (Å²) in [5.74, 6) is -0.453. The van der Waals surface area contributed by atoms with Crippen LogP contribution in [-0.4, -0.2) is 36.0 Å².